The van der Waals surface area contributed by atoms with Gasteiger partial charge in [-0.25, -0.2) is 4.79 Å². The third-order valence-electron chi connectivity index (χ3n) is 6.14. The van der Waals surface area contributed by atoms with Crippen molar-refractivity contribution in [2.45, 2.75) is 51.2 Å². The number of amides is 1. The summed E-state index contributed by atoms with van der Waals surface area (Å²) < 4.78 is 3.82. The highest BCUT2D eigenvalue weighted by atomic mass is 16.2. The van der Waals surface area contributed by atoms with Crippen LogP contribution in [0.3, 0.4) is 0 Å². The minimum absolute atomic E-state index is 0.0330. The molecule has 0 spiro atoms. The van der Waals surface area contributed by atoms with Crippen molar-refractivity contribution in [3.05, 3.63) is 82.3 Å². The summed E-state index contributed by atoms with van der Waals surface area (Å²) in [7, 11) is 0. The molecule has 5 rings (SSSR count). The first-order valence-electron chi connectivity index (χ1n) is 11.1. The fourth-order valence-corrected chi connectivity index (χ4v) is 4.44. The maximum atomic E-state index is 12.6. The normalized spacial score (nSPS) is 15.9. The predicted molar refractivity (Wildman–Crippen MR) is 121 cm³/mol. The van der Waals surface area contributed by atoms with Crippen LogP contribution in [0.1, 0.15) is 36.5 Å². The molecular formula is C24H26N6O2. The summed E-state index contributed by atoms with van der Waals surface area (Å²) in [5.41, 5.74) is 2.64. The van der Waals surface area contributed by atoms with Gasteiger partial charge in [0, 0.05) is 38.4 Å². The molecule has 2 aromatic heterocycles. The number of aryl methyl sites for hydroxylation is 2. The van der Waals surface area contributed by atoms with E-state index >= 15 is 0 Å². The van der Waals surface area contributed by atoms with Gasteiger partial charge in [-0.3, -0.25) is 9.36 Å². The number of rotatable bonds is 6. The average Bonchev–Trinajstić information content (AvgIpc) is 3.26. The number of H-pyrrole nitrogens is 1. The fourth-order valence-electron chi connectivity index (χ4n) is 4.44. The van der Waals surface area contributed by atoms with Crippen LogP contribution in [0.2, 0.25) is 0 Å². The molecule has 8 heteroatoms. The Labute approximate surface area is 185 Å². The lowest BCUT2D eigenvalue weighted by atomic mass is 10.1. The number of nitrogens with zero attached hydrogens (tertiary/aromatic N) is 4. The number of nitrogens with one attached hydrogen (secondary N) is 2. The van der Waals surface area contributed by atoms with Crippen molar-refractivity contribution in [1.29, 1.82) is 0 Å². The van der Waals surface area contributed by atoms with E-state index in [9.17, 15) is 9.59 Å². The Morgan fingerprint density at radius 1 is 1.06 bits per heavy atom. The van der Waals surface area contributed by atoms with Crippen LogP contribution in [0.25, 0.3) is 11.0 Å². The molecule has 32 heavy (non-hydrogen) atoms. The number of aromatic nitrogens is 5. The molecule has 1 atom stereocenters. The molecule has 8 nitrogen and oxygen atoms in total. The van der Waals surface area contributed by atoms with E-state index in [0.29, 0.717) is 6.54 Å². The molecule has 4 aromatic rings. The average molecular weight is 431 g/mol. The van der Waals surface area contributed by atoms with Gasteiger partial charge in [0.05, 0.1) is 11.0 Å². The zero-order valence-corrected chi connectivity index (χ0v) is 17.8. The molecule has 1 aliphatic rings. The lowest BCUT2D eigenvalue weighted by Gasteiger charge is -2.16. The van der Waals surface area contributed by atoms with Gasteiger partial charge >= 0.3 is 5.69 Å². The highest BCUT2D eigenvalue weighted by Crippen LogP contribution is 2.18. The zero-order valence-electron chi connectivity index (χ0n) is 17.8. The lowest BCUT2D eigenvalue weighted by Crippen LogP contribution is -2.36. The van der Waals surface area contributed by atoms with E-state index in [1.807, 2.05) is 42.5 Å². The van der Waals surface area contributed by atoms with Gasteiger partial charge in [0.25, 0.3) is 0 Å². The first-order valence-corrected chi connectivity index (χ1v) is 11.1. The molecule has 2 aromatic carbocycles. The number of benzene rings is 2. The van der Waals surface area contributed by atoms with Gasteiger partial charge in [-0.2, -0.15) is 0 Å². The summed E-state index contributed by atoms with van der Waals surface area (Å²) in [4.78, 5) is 27.7. The Balaban J connectivity index is 1.18. The molecule has 1 unspecified atom stereocenters. The minimum atomic E-state index is -0.183. The second-order valence-electron chi connectivity index (χ2n) is 8.29. The van der Waals surface area contributed by atoms with Crippen LogP contribution in [0.5, 0.6) is 0 Å². The van der Waals surface area contributed by atoms with Crippen molar-refractivity contribution < 1.29 is 4.79 Å². The number of carbonyl (C=O) groups excluding carboxylic acids is 1. The molecule has 1 amide bonds. The van der Waals surface area contributed by atoms with Crippen LogP contribution in [0.4, 0.5) is 0 Å². The molecular weight excluding hydrogens is 404 g/mol. The quantitative estimate of drug-likeness (QED) is 0.491. The Morgan fingerprint density at radius 2 is 1.88 bits per heavy atom. The first-order chi connectivity index (χ1) is 15.7. The van der Waals surface area contributed by atoms with Gasteiger partial charge < -0.3 is 14.9 Å². The largest absolute Gasteiger partial charge is 0.353 e. The van der Waals surface area contributed by atoms with Gasteiger partial charge in [0.1, 0.15) is 11.6 Å². The number of imidazole rings is 1. The lowest BCUT2D eigenvalue weighted by molar-refractivity contribution is -0.122. The van der Waals surface area contributed by atoms with Crippen molar-refractivity contribution >= 4 is 16.9 Å². The topological polar surface area (TPSA) is 97.6 Å². The molecule has 0 radical (unpaired) electrons. The van der Waals surface area contributed by atoms with Crippen molar-refractivity contribution in [2.24, 2.45) is 0 Å². The van der Waals surface area contributed by atoms with Crippen LogP contribution in [0.15, 0.2) is 59.4 Å². The molecule has 0 saturated heterocycles. The van der Waals surface area contributed by atoms with Gasteiger partial charge in [-0.05, 0) is 30.5 Å². The summed E-state index contributed by atoms with van der Waals surface area (Å²) in [5.74, 6) is 1.92. The first kappa shape index (κ1) is 20.2. The number of hydrogen-bond acceptors (Lipinski definition) is 4. The maximum Gasteiger partial charge on any atom is 0.326 e. The number of carbonyl (C=O) groups is 1. The smallest absolute Gasteiger partial charge is 0.326 e. The molecule has 2 N–H and O–H groups in total. The number of hydrogen-bond donors (Lipinski definition) is 2. The highest BCUT2D eigenvalue weighted by molar-refractivity contribution is 5.77. The monoisotopic (exact) mass is 430 g/mol. The van der Waals surface area contributed by atoms with E-state index in [2.05, 4.69) is 37.2 Å². The van der Waals surface area contributed by atoms with Crippen LogP contribution >= 0.6 is 0 Å². The van der Waals surface area contributed by atoms with Crippen LogP contribution < -0.4 is 11.0 Å². The zero-order chi connectivity index (χ0) is 21.9. The Morgan fingerprint density at radius 3 is 2.75 bits per heavy atom. The minimum Gasteiger partial charge on any atom is -0.353 e. The maximum absolute atomic E-state index is 12.6. The van der Waals surface area contributed by atoms with Crippen molar-refractivity contribution in [2.75, 3.05) is 0 Å². The summed E-state index contributed by atoms with van der Waals surface area (Å²) in [5, 5.41) is 12.0. The molecule has 0 aliphatic carbocycles. The van der Waals surface area contributed by atoms with Crippen molar-refractivity contribution in [3.63, 3.8) is 0 Å². The predicted octanol–water partition coefficient (Wildman–Crippen LogP) is 2.42. The van der Waals surface area contributed by atoms with E-state index in [4.69, 9.17) is 0 Å². The third-order valence-corrected chi connectivity index (χ3v) is 6.14. The van der Waals surface area contributed by atoms with Crippen LogP contribution in [-0.4, -0.2) is 36.3 Å². The molecule has 0 saturated carbocycles. The molecule has 1 aliphatic heterocycles. The van der Waals surface area contributed by atoms with Gasteiger partial charge in [0.15, 0.2) is 0 Å². The van der Waals surface area contributed by atoms with Gasteiger partial charge in [-0.1, -0.05) is 42.5 Å². The summed E-state index contributed by atoms with van der Waals surface area (Å²) in [6.07, 6.45) is 3.48. The second-order valence-corrected chi connectivity index (χ2v) is 8.29. The second kappa shape index (κ2) is 8.82. The highest BCUT2D eigenvalue weighted by Gasteiger charge is 2.21. The van der Waals surface area contributed by atoms with E-state index in [1.165, 1.54) is 5.56 Å². The molecule has 0 bridgehead atoms. The third kappa shape index (κ3) is 4.21. The van der Waals surface area contributed by atoms with E-state index < -0.39 is 0 Å². The number of aromatic amines is 1. The van der Waals surface area contributed by atoms with E-state index in [1.54, 1.807) is 4.57 Å². The molecule has 3 heterocycles. The fraction of sp³-hybridized carbons (Fsp3) is 0.333. The van der Waals surface area contributed by atoms with Crippen molar-refractivity contribution in [3.8, 4) is 0 Å². The SMILES string of the molecule is O=C(CCn1c(=O)[nH]c2ccccc21)NC1CCc2nnc(Cc3ccccc3)n2CC1. The van der Waals surface area contributed by atoms with Crippen molar-refractivity contribution in [1.82, 2.24) is 29.6 Å². The Hall–Kier alpha value is -3.68. The molecule has 164 valence electrons. The van der Waals surface area contributed by atoms with Gasteiger partial charge in [-0.15, -0.1) is 10.2 Å². The standard InChI is InChI=1S/C24H26N6O2/c31-23(13-15-29-20-9-5-4-8-19(20)26-24(29)32)25-18-10-11-21-27-28-22(30(21)14-12-18)16-17-6-2-1-3-7-17/h1-9,18H,10-16H2,(H,25,31)(H,26,32). The molecule has 0 fully saturated rings. The number of fused-ring (bicyclic) bond motifs is 2. The Bertz CT molecular complexity index is 1290. The summed E-state index contributed by atoms with van der Waals surface area (Å²) in [6, 6.07) is 17.9. The van der Waals surface area contributed by atoms with Gasteiger partial charge in [0.2, 0.25) is 5.91 Å². The van der Waals surface area contributed by atoms with Crippen LogP contribution in [0, 0.1) is 0 Å². The van der Waals surface area contributed by atoms with Crippen LogP contribution in [-0.2, 0) is 30.7 Å². The van der Waals surface area contributed by atoms with E-state index in [0.717, 1.165) is 54.9 Å². The number of para-hydroxylation sites is 2. The van der Waals surface area contributed by atoms with E-state index in [-0.39, 0.29) is 24.1 Å². The Kier molecular flexibility index (Phi) is 5.58. The summed E-state index contributed by atoms with van der Waals surface area (Å²) >= 11 is 0. The summed E-state index contributed by atoms with van der Waals surface area (Å²) in [6.45, 7) is 1.14.